The topological polar surface area (TPSA) is 172 Å². The van der Waals surface area contributed by atoms with Crippen molar-refractivity contribution in [3.63, 3.8) is 0 Å². The molecule has 11 nitrogen and oxygen atoms in total. The van der Waals surface area contributed by atoms with E-state index in [0.717, 1.165) is 44.9 Å². The molecule has 0 aliphatic heterocycles. The molecule has 0 aliphatic carbocycles. The Labute approximate surface area is 328 Å². The van der Waals surface area contributed by atoms with Crippen molar-refractivity contribution in [1.82, 2.24) is 0 Å². The highest BCUT2D eigenvalue weighted by Gasteiger charge is 2.28. The predicted octanol–water partition coefficient (Wildman–Crippen LogP) is 11.1. The van der Waals surface area contributed by atoms with Crippen LogP contribution in [0.5, 0.6) is 0 Å². The van der Waals surface area contributed by atoms with Crippen LogP contribution in [0.2, 0.25) is 0 Å². The number of carboxylic acids is 1. The lowest BCUT2D eigenvalue weighted by molar-refractivity contribution is -0.161. The van der Waals surface area contributed by atoms with E-state index in [1.54, 1.807) is 0 Å². The van der Waals surface area contributed by atoms with Gasteiger partial charge < -0.3 is 25.2 Å². The number of carbonyl (C=O) groups is 3. The summed E-state index contributed by atoms with van der Waals surface area (Å²) in [7, 11) is -4.72. The van der Waals surface area contributed by atoms with Gasteiger partial charge in [0.15, 0.2) is 6.10 Å². The Balaban J connectivity index is 4.37. The number of hydrogen-bond donors (Lipinski definition) is 3. The molecule has 0 saturated heterocycles. The first-order valence-corrected chi connectivity index (χ1v) is 22.8. The Morgan fingerprint density at radius 3 is 1.52 bits per heavy atom. The van der Waals surface area contributed by atoms with Crippen molar-refractivity contribution < 1.29 is 47.5 Å². The fourth-order valence-electron chi connectivity index (χ4n) is 5.92. The molecule has 0 saturated carbocycles. The summed E-state index contributed by atoms with van der Waals surface area (Å²) in [5.74, 6) is -2.40. The van der Waals surface area contributed by atoms with E-state index in [4.69, 9.17) is 24.8 Å². The number of rotatable bonds is 41. The van der Waals surface area contributed by atoms with Crippen molar-refractivity contribution in [3.05, 3.63) is 24.8 Å². The second-order valence-corrected chi connectivity index (χ2v) is 16.0. The number of carboxylic acid groups (broad SMARTS) is 1. The third kappa shape index (κ3) is 36.9. The highest BCUT2D eigenvalue weighted by molar-refractivity contribution is 7.47. The number of phosphoric ester groups is 1. The molecule has 0 rings (SSSR count). The largest absolute Gasteiger partial charge is 0.480 e. The summed E-state index contributed by atoms with van der Waals surface area (Å²) in [5, 5.41) is 8.88. The summed E-state index contributed by atoms with van der Waals surface area (Å²) in [6.45, 7) is 4.31. The second-order valence-electron chi connectivity index (χ2n) is 14.6. The van der Waals surface area contributed by atoms with Gasteiger partial charge >= 0.3 is 25.7 Å². The molecule has 54 heavy (non-hydrogen) atoms. The van der Waals surface area contributed by atoms with Gasteiger partial charge in [-0.15, -0.1) is 6.58 Å². The van der Waals surface area contributed by atoms with Crippen LogP contribution in [-0.4, -0.2) is 59.9 Å². The van der Waals surface area contributed by atoms with Gasteiger partial charge in [0.1, 0.15) is 12.6 Å². The summed E-state index contributed by atoms with van der Waals surface area (Å²) in [4.78, 5) is 45.9. The minimum atomic E-state index is -4.72. The quantitative estimate of drug-likeness (QED) is 0.0233. The molecule has 0 aromatic heterocycles. The van der Waals surface area contributed by atoms with E-state index in [0.29, 0.717) is 12.8 Å². The zero-order valence-corrected chi connectivity index (χ0v) is 34.8. The standard InChI is InChI=1S/C42H78NO10P/c1-3-5-7-9-11-13-15-17-19-21-23-25-27-29-31-33-40(44)50-35-38(36-51-54(48,49)52-37-39(43)42(46)47)53-41(45)34-32-30-28-26-24-22-20-18-16-14-12-10-8-6-4-2/h3,24,26,38-39H,1,4-23,25,27-37,43H2,2H3,(H,46,47)(H,48,49)/b26-24+/t38-,39+/m1/s1. The zero-order chi connectivity index (χ0) is 40.0. The SMILES string of the molecule is C=CCCCCCCCCCCCCCCCC(=O)OC[C@H](COP(=O)(O)OC[C@H](N)C(=O)O)OC(=O)CCCC/C=C/CCCCCCCCCCC. The van der Waals surface area contributed by atoms with Gasteiger partial charge in [-0.25, -0.2) is 4.57 Å². The monoisotopic (exact) mass is 788 g/mol. The van der Waals surface area contributed by atoms with Gasteiger partial charge in [0, 0.05) is 12.8 Å². The van der Waals surface area contributed by atoms with Gasteiger partial charge in [-0.05, 0) is 51.4 Å². The predicted molar refractivity (Wildman–Crippen MR) is 217 cm³/mol. The van der Waals surface area contributed by atoms with Crippen LogP contribution in [0.1, 0.15) is 193 Å². The first kappa shape index (κ1) is 52.0. The maximum Gasteiger partial charge on any atom is 0.472 e. The summed E-state index contributed by atoms with van der Waals surface area (Å²) < 4.78 is 32.6. The van der Waals surface area contributed by atoms with Gasteiger partial charge in [-0.3, -0.25) is 23.4 Å². The Bertz CT molecular complexity index is 1010. The number of hydrogen-bond acceptors (Lipinski definition) is 9. The average Bonchev–Trinajstić information content (AvgIpc) is 3.14. The molecule has 0 bridgehead atoms. The van der Waals surface area contributed by atoms with Gasteiger partial charge in [0.2, 0.25) is 0 Å². The third-order valence-corrected chi connectivity index (χ3v) is 10.3. The maximum atomic E-state index is 12.6. The lowest BCUT2D eigenvalue weighted by Crippen LogP contribution is -2.34. The van der Waals surface area contributed by atoms with Crippen LogP contribution in [0.4, 0.5) is 0 Å². The fourth-order valence-corrected chi connectivity index (χ4v) is 6.70. The van der Waals surface area contributed by atoms with Crippen LogP contribution in [0.3, 0.4) is 0 Å². The first-order valence-electron chi connectivity index (χ1n) is 21.3. The molecular weight excluding hydrogens is 709 g/mol. The minimum absolute atomic E-state index is 0.133. The molecule has 3 atom stereocenters. The number of aliphatic carboxylic acids is 1. The van der Waals surface area contributed by atoms with Gasteiger partial charge in [0.25, 0.3) is 0 Å². The summed E-state index contributed by atoms with van der Waals surface area (Å²) in [6.07, 6.45) is 37.1. The average molecular weight is 788 g/mol. The van der Waals surface area contributed by atoms with E-state index >= 15 is 0 Å². The molecule has 0 amide bonds. The molecule has 316 valence electrons. The Morgan fingerprint density at radius 1 is 0.611 bits per heavy atom. The van der Waals surface area contributed by atoms with Crippen LogP contribution in [0.15, 0.2) is 24.8 Å². The summed E-state index contributed by atoms with van der Waals surface area (Å²) >= 11 is 0. The van der Waals surface area contributed by atoms with Gasteiger partial charge in [0.05, 0.1) is 13.2 Å². The molecule has 0 fully saturated rings. The molecule has 0 aromatic rings. The van der Waals surface area contributed by atoms with E-state index in [1.807, 2.05) is 6.08 Å². The summed E-state index contributed by atoms with van der Waals surface area (Å²) in [5.41, 5.74) is 5.33. The van der Waals surface area contributed by atoms with E-state index in [9.17, 15) is 23.8 Å². The fraction of sp³-hybridized carbons (Fsp3) is 0.833. The minimum Gasteiger partial charge on any atom is -0.480 e. The maximum absolute atomic E-state index is 12.6. The van der Waals surface area contributed by atoms with Crippen LogP contribution in [-0.2, 0) is 37.5 Å². The van der Waals surface area contributed by atoms with E-state index in [1.165, 1.54) is 116 Å². The van der Waals surface area contributed by atoms with E-state index in [2.05, 4.69) is 30.2 Å². The molecule has 0 aromatic carbocycles. The van der Waals surface area contributed by atoms with E-state index < -0.39 is 51.1 Å². The van der Waals surface area contributed by atoms with Crippen molar-refractivity contribution in [1.29, 1.82) is 0 Å². The van der Waals surface area contributed by atoms with Crippen molar-refractivity contribution in [2.75, 3.05) is 19.8 Å². The van der Waals surface area contributed by atoms with E-state index in [-0.39, 0.29) is 19.4 Å². The Kier molecular flexibility index (Phi) is 36.4. The zero-order valence-electron chi connectivity index (χ0n) is 33.9. The molecule has 12 heteroatoms. The molecule has 1 unspecified atom stereocenters. The molecule has 0 heterocycles. The van der Waals surface area contributed by atoms with Crippen LogP contribution < -0.4 is 5.73 Å². The smallest absolute Gasteiger partial charge is 0.472 e. The van der Waals surface area contributed by atoms with Gasteiger partial charge in [-0.2, -0.15) is 0 Å². The lowest BCUT2D eigenvalue weighted by Gasteiger charge is -2.20. The van der Waals surface area contributed by atoms with Crippen molar-refractivity contribution in [2.45, 2.75) is 205 Å². The van der Waals surface area contributed by atoms with Crippen molar-refractivity contribution >= 4 is 25.7 Å². The number of esters is 2. The molecule has 0 radical (unpaired) electrons. The third-order valence-electron chi connectivity index (χ3n) is 9.32. The highest BCUT2D eigenvalue weighted by Crippen LogP contribution is 2.43. The number of unbranched alkanes of at least 4 members (excludes halogenated alkanes) is 24. The second kappa shape index (κ2) is 37.9. The van der Waals surface area contributed by atoms with Gasteiger partial charge in [-0.1, -0.05) is 147 Å². The Hall–Kier alpha value is -2.04. The normalized spacial score (nSPS) is 13.8. The Morgan fingerprint density at radius 2 is 1.02 bits per heavy atom. The number of nitrogens with two attached hydrogens (primary N) is 1. The van der Waals surface area contributed by atoms with Crippen LogP contribution in [0.25, 0.3) is 0 Å². The molecule has 0 aliphatic rings. The number of allylic oxidation sites excluding steroid dienone is 3. The van der Waals surface area contributed by atoms with Crippen molar-refractivity contribution in [3.8, 4) is 0 Å². The first-order chi connectivity index (χ1) is 26.1. The molecular formula is C42H78NO10P. The highest BCUT2D eigenvalue weighted by atomic mass is 31.2. The number of carbonyl (C=O) groups excluding carboxylic acids is 2. The van der Waals surface area contributed by atoms with Crippen molar-refractivity contribution in [2.24, 2.45) is 5.73 Å². The molecule has 4 N–H and O–H groups in total. The van der Waals surface area contributed by atoms with Crippen LogP contribution in [0, 0.1) is 0 Å². The number of ether oxygens (including phenoxy) is 2. The summed E-state index contributed by atoms with van der Waals surface area (Å²) in [6, 6.07) is -1.52. The van der Waals surface area contributed by atoms with Crippen LogP contribution >= 0.6 is 7.82 Å². The lowest BCUT2D eigenvalue weighted by atomic mass is 10.0. The molecule has 0 spiro atoms. The number of phosphoric acid groups is 1.